The molecule has 3 N–H and O–H groups in total. The maximum absolute atomic E-state index is 12.6. The van der Waals surface area contributed by atoms with Crippen LogP contribution in [-0.2, 0) is 19.6 Å². The molecule has 1 aromatic carbocycles. The van der Waals surface area contributed by atoms with Crippen LogP contribution in [0.4, 0.5) is 17.5 Å². The minimum absolute atomic E-state index is 0.166. The van der Waals surface area contributed by atoms with Crippen LogP contribution in [0.5, 0.6) is 0 Å². The van der Waals surface area contributed by atoms with Crippen molar-refractivity contribution in [3.8, 4) is 0 Å². The Balaban J connectivity index is 1.57. The molecule has 0 aliphatic carbocycles. The molecule has 2 aromatic rings. The summed E-state index contributed by atoms with van der Waals surface area (Å²) in [5.41, 5.74) is 1.93. The summed E-state index contributed by atoms with van der Waals surface area (Å²) in [6, 6.07) is 6.60. The fourth-order valence-electron chi connectivity index (χ4n) is 3.25. The Morgan fingerprint density at radius 2 is 1.87 bits per heavy atom. The van der Waals surface area contributed by atoms with E-state index >= 15 is 0 Å². The van der Waals surface area contributed by atoms with Gasteiger partial charge in [0.1, 0.15) is 5.82 Å². The molecule has 3 rings (SSSR count). The zero-order chi connectivity index (χ0) is 22.4. The number of hydrogen-bond acceptors (Lipinski definition) is 8. The molecule has 0 bridgehead atoms. The SMILES string of the molecule is CC(=O)Nc1ccc(S(=O)(=O)NCCNc2nc(C)cc(N3CCOCC3)n2)c(C)c1. The van der Waals surface area contributed by atoms with Gasteiger partial charge in [0.2, 0.25) is 21.9 Å². The van der Waals surface area contributed by atoms with Crippen LogP contribution in [0.3, 0.4) is 0 Å². The molecule has 1 fully saturated rings. The van der Waals surface area contributed by atoms with Crippen LogP contribution < -0.4 is 20.3 Å². The summed E-state index contributed by atoms with van der Waals surface area (Å²) in [6.07, 6.45) is 0. The zero-order valence-electron chi connectivity index (χ0n) is 17.9. The Morgan fingerprint density at radius 3 is 2.55 bits per heavy atom. The number of carbonyl (C=O) groups excluding carboxylic acids is 1. The number of amides is 1. The largest absolute Gasteiger partial charge is 0.378 e. The van der Waals surface area contributed by atoms with Gasteiger partial charge in [0.25, 0.3) is 0 Å². The number of aromatic nitrogens is 2. The number of benzene rings is 1. The summed E-state index contributed by atoms with van der Waals surface area (Å²) in [7, 11) is -3.69. The van der Waals surface area contributed by atoms with Crippen molar-refractivity contribution in [3.05, 3.63) is 35.5 Å². The maximum atomic E-state index is 12.6. The van der Waals surface area contributed by atoms with Crippen molar-refractivity contribution in [1.82, 2.24) is 14.7 Å². The highest BCUT2D eigenvalue weighted by atomic mass is 32.2. The standard InChI is InChI=1S/C20H28N6O4S/c1-14-12-17(24-16(3)27)4-5-18(14)31(28,29)22-7-6-21-20-23-15(2)13-19(25-20)26-8-10-30-11-9-26/h4-5,12-13,22H,6-11H2,1-3H3,(H,24,27)(H,21,23,25). The maximum Gasteiger partial charge on any atom is 0.240 e. The van der Waals surface area contributed by atoms with E-state index in [0.717, 1.165) is 24.6 Å². The summed E-state index contributed by atoms with van der Waals surface area (Å²) in [5.74, 6) is 1.07. The van der Waals surface area contributed by atoms with Crippen LogP contribution in [-0.4, -0.2) is 63.7 Å². The van der Waals surface area contributed by atoms with Gasteiger partial charge in [-0.15, -0.1) is 0 Å². The molecule has 11 heteroatoms. The average molecular weight is 449 g/mol. The van der Waals surface area contributed by atoms with Gasteiger partial charge in [0.05, 0.1) is 18.1 Å². The predicted molar refractivity (Wildman–Crippen MR) is 119 cm³/mol. The Bertz CT molecular complexity index is 1040. The lowest BCUT2D eigenvalue weighted by molar-refractivity contribution is -0.114. The third-order valence-corrected chi connectivity index (χ3v) is 6.28. The average Bonchev–Trinajstić information content (AvgIpc) is 2.71. The van der Waals surface area contributed by atoms with E-state index in [1.807, 2.05) is 13.0 Å². The number of nitrogens with zero attached hydrogens (tertiary/aromatic N) is 3. The molecule has 1 aliphatic heterocycles. The first-order chi connectivity index (χ1) is 14.7. The molecule has 0 saturated carbocycles. The normalized spacial score (nSPS) is 14.4. The summed E-state index contributed by atoms with van der Waals surface area (Å²) >= 11 is 0. The quantitative estimate of drug-likeness (QED) is 0.516. The van der Waals surface area contributed by atoms with Crippen molar-refractivity contribution < 1.29 is 17.9 Å². The fraction of sp³-hybridized carbons (Fsp3) is 0.450. The lowest BCUT2D eigenvalue weighted by Crippen LogP contribution is -2.37. The van der Waals surface area contributed by atoms with E-state index in [2.05, 4.69) is 30.2 Å². The number of nitrogens with one attached hydrogen (secondary N) is 3. The third kappa shape index (κ3) is 6.36. The lowest BCUT2D eigenvalue weighted by atomic mass is 10.2. The minimum Gasteiger partial charge on any atom is -0.378 e. The molecule has 168 valence electrons. The molecule has 2 heterocycles. The van der Waals surface area contributed by atoms with E-state index in [1.54, 1.807) is 19.1 Å². The highest BCUT2D eigenvalue weighted by molar-refractivity contribution is 7.89. The molecule has 1 amide bonds. The van der Waals surface area contributed by atoms with Crippen molar-refractivity contribution >= 4 is 33.4 Å². The first-order valence-electron chi connectivity index (χ1n) is 10.0. The van der Waals surface area contributed by atoms with Gasteiger partial charge in [-0.2, -0.15) is 4.98 Å². The summed E-state index contributed by atoms with van der Waals surface area (Å²) in [4.78, 5) is 22.4. The lowest BCUT2D eigenvalue weighted by Gasteiger charge is -2.28. The highest BCUT2D eigenvalue weighted by Crippen LogP contribution is 2.20. The Kier molecular flexibility index (Phi) is 7.42. The number of aryl methyl sites for hydroxylation is 2. The van der Waals surface area contributed by atoms with Crippen LogP contribution in [0, 0.1) is 13.8 Å². The van der Waals surface area contributed by atoms with Gasteiger partial charge in [-0.1, -0.05) is 0 Å². The Hall–Kier alpha value is -2.76. The molecule has 31 heavy (non-hydrogen) atoms. The zero-order valence-corrected chi connectivity index (χ0v) is 18.8. The number of sulfonamides is 1. The highest BCUT2D eigenvalue weighted by Gasteiger charge is 2.17. The van der Waals surface area contributed by atoms with E-state index in [9.17, 15) is 13.2 Å². The molecular weight excluding hydrogens is 420 g/mol. The molecule has 10 nitrogen and oxygen atoms in total. The summed E-state index contributed by atoms with van der Waals surface area (Å²) in [5, 5.41) is 5.72. The summed E-state index contributed by atoms with van der Waals surface area (Å²) < 4.78 is 33.2. The number of carbonyl (C=O) groups is 1. The van der Waals surface area contributed by atoms with E-state index in [-0.39, 0.29) is 17.3 Å². The molecule has 0 radical (unpaired) electrons. The fourth-order valence-corrected chi connectivity index (χ4v) is 4.51. The van der Waals surface area contributed by atoms with Crippen LogP contribution in [0.15, 0.2) is 29.2 Å². The number of morpholine rings is 1. The van der Waals surface area contributed by atoms with E-state index in [0.29, 0.717) is 37.0 Å². The smallest absolute Gasteiger partial charge is 0.240 e. The van der Waals surface area contributed by atoms with E-state index in [4.69, 9.17) is 4.74 Å². The monoisotopic (exact) mass is 448 g/mol. The van der Waals surface area contributed by atoms with Gasteiger partial charge in [0, 0.05) is 50.6 Å². The second kappa shape index (κ2) is 10.0. The number of rotatable bonds is 8. The van der Waals surface area contributed by atoms with Crippen molar-refractivity contribution in [2.45, 2.75) is 25.7 Å². The van der Waals surface area contributed by atoms with Crippen LogP contribution >= 0.6 is 0 Å². The van der Waals surface area contributed by atoms with Crippen molar-refractivity contribution in [2.75, 3.05) is 54.9 Å². The Morgan fingerprint density at radius 1 is 1.13 bits per heavy atom. The van der Waals surface area contributed by atoms with Crippen molar-refractivity contribution in [2.24, 2.45) is 0 Å². The molecular formula is C20H28N6O4S. The molecule has 1 saturated heterocycles. The molecule has 0 spiro atoms. The summed E-state index contributed by atoms with van der Waals surface area (Å²) in [6.45, 7) is 8.35. The Labute approximate surface area is 182 Å². The van der Waals surface area contributed by atoms with Gasteiger partial charge in [-0.05, 0) is 37.6 Å². The van der Waals surface area contributed by atoms with E-state index < -0.39 is 10.0 Å². The van der Waals surface area contributed by atoms with E-state index in [1.165, 1.54) is 13.0 Å². The van der Waals surface area contributed by atoms with Crippen LogP contribution in [0.2, 0.25) is 0 Å². The topological polar surface area (TPSA) is 126 Å². The van der Waals surface area contributed by atoms with Crippen molar-refractivity contribution in [1.29, 1.82) is 0 Å². The van der Waals surface area contributed by atoms with Crippen LogP contribution in [0.25, 0.3) is 0 Å². The third-order valence-electron chi connectivity index (χ3n) is 4.66. The second-order valence-electron chi connectivity index (χ2n) is 7.28. The number of anilines is 3. The van der Waals surface area contributed by atoms with Gasteiger partial charge >= 0.3 is 0 Å². The second-order valence-corrected chi connectivity index (χ2v) is 9.01. The minimum atomic E-state index is -3.69. The van der Waals surface area contributed by atoms with Gasteiger partial charge in [-0.25, -0.2) is 18.1 Å². The number of ether oxygens (including phenoxy) is 1. The predicted octanol–water partition coefficient (Wildman–Crippen LogP) is 1.28. The van der Waals surface area contributed by atoms with Gasteiger partial charge < -0.3 is 20.3 Å². The molecule has 0 unspecified atom stereocenters. The molecule has 0 atom stereocenters. The van der Waals surface area contributed by atoms with Gasteiger partial charge in [0.15, 0.2) is 0 Å². The van der Waals surface area contributed by atoms with Crippen LogP contribution in [0.1, 0.15) is 18.2 Å². The first-order valence-corrected chi connectivity index (χ1v) is 11.5. The van der Waals surface area contributed by atoms with Crippen molar-refractivity contribution in [3.63, 3.8) is 0 Å². The van der Waals surface area contributed by atoms with Gasteiger partial charge in [-0.3, -0.25) is 4.79 Å². The molecule has 1 aromatic heterocycles. The first kappa shape index (κ1) is 22.9. The molecule has 1 aliphatic rings. The number of hydrogen-bond donors (Lipinski definition) is 3.